The van der Waals surface area contributed by atoms with Gasteiger partial charge >= 0.3 is 0 Å². The fourth-order valence-electron chi connectivity index (χ4n) is 4.11. The van der Waals surface area contributed by atoms with Gasteiger partial charge in [-0.2, -0.15) is 0 Å². The van der Waals surface area contributed by atoms with Crippen molar-refractivity contribution in [1.82, 2.24) is 0 Å². The normalized spacial score (nSPS) is 11.4. The third-order valence-corrected chi connectivity index (χ3v) is 8.50. The molecule has 3 aromatic carbocycles. The van der Waals surface area contributed by atoms with Gasteiger partial charge in [-0.05, 0) is 55.9 Å². The lowest BCUT2D eigenvalue weighted by Crippen LogP contribution is -2.24. The zero-order valence-electron chi connectivity index (χ0n) is 17.7. The van der Waals surface area contributed by atoms with Gasteiger partial charge in [-0.1, -0.05) is 80.1 Å². The Kier molecular flexibility index (Phi) is 6.55. The van der Waals surface area contributed by atoms with Gasteiger partial charge in [0.2, 0.25) is 12.7 Å². The van der Waals surface area contributed by atoms with Crippen molar-refractivity contribution in [2.24, 2.45) is 0 Å². The van der Waals surface area contributed by atoms with Crippen molar-refractivity contribution in [2.45, 2.75) is 47.0 Å². The minimum absolute atomic E-state index is 0.261. The minimum Gasteiger partial charge on any atom is -0.305 e. The summed E-state index contributed by atoms with van der Waals surface area (Å²) < 4.78 is 14.5. The summed E-state index contributed by atoms with van der Waals surface area (Å²) in [7, 11) is -3.49. The highest BCUT2D eigenvalue weighted by atomic mass is 31.2. The highest BCUT2D eigenvalue weighted by molar-refractivity contribution is 7.93. The van der Waals surface area contributed by atoms with Crippen molar-refractivity contribution in [3.63, 3.8) is 0 Å². The number of benzene rings is 3. The van der Waals surface area contributed by atoms with E-state index in [9.17, 15) is 9.36 Å². The molecule has 0 aliphatic carbocycles. The number of aryl methyl sites for hydroxylation is 2. The molecule has 0 heterocycles. The molecule has 150 valence electrons. The van der Waals surface area contributed by atoms with Crippen molar-refractivity contribution < 1.29 is 9.36 Å². The number of carbonyl (C=O) groups is 1. The zero-order chi connectivity index (χ0) is 21.0. The lowest BCUT2D eigenvalue weighted by molar-refractivity contribution is 0.107. The lowest BCUT2D eigenvalue weighted by atomic mass is 9.91. The lowest BCUT2D eigenvalue weighted by Gasteiger charge is -2.22. The van der Waals surface area contributed by atoms with E-state index in [1.54, 1.807) is 0 Å². The number of rotatable bonds is 7. The van der Waals surface area contributed by atoms with Crippen LogP contribution in [0.15, 0.2) is 66.7 Å². The molecule has 3 aromatic rings. The van der Waals surface area contributed by atoms with E-state index >= 15 is 0 Å². The van der Waals surface area contributed by atoms with Gasteiger partial charge in [0.1, 0.15) is 0 Å². The van der Waals surface area contributed by atoms with Gasteiger partial charge < -0.3 is 4.57 Å². The van der Waals surface area contributed by atoms with Crippen LogP contribution < -0.4 is 10.6 Å². The summed E-state index contributed by atoms with van der Waals surface area (Å²) in [6, 6.07) is 20.5. The smallest absolute Gasteiger partial charge is 0.230 e. The SMILES string of the molecule is CCCCc1c(C)cc(C)c(C(=O)P(=O)(c2ccccc2)c2ccccc2)c1C. The molecule has 0 fully saturated rings. The zero-order valence-corrected chi connectivity index (χ0v) is 18.6. The van der Waals surface area contributed by atoms with E-state index in [4.69, 9.17) is 0 Å². The fraction of sp³-hybridized carbons (Fsp3) is 0.269. The van der Waals surface area contributed by atoms with Crippen LogP contribution in [0, 0.1) is 20.8 Å². The van der Waals surface area contributed by atoms with Crippen LogP contribution in [0.2, 0.25) is 0 Å². The van der Waals surface area contributed by atoms with Crippen LogP contribution in [0.3, 0.4) is 0 Å². The second-order valence-electron chi connectivity index (χ2n) is 7.68. The first-order valence-electron chi connectivity index (χ1n) is 10.3. The highest BCUT2D eigenvalue weighted by Gasteiger charge is 2.38. The maximum Gasteiger partial charge on any atom is 0.230 e. The molecule has 3 rings (SSSR count). The van der Waals surface area contributed by atoms with Crippen LogP contribution in [-0.4, -0.2) is 5.52 Å². The second-order valence-corrected chi connectivity index (χ2v) is 10.3. The van der Waals surface area contributed by atoms with Gasteiger partial charge in [0.25, 0.3) is 0 Å². The van der Waals surface area contributed by atoms with E-state index in [-0.39, 0.29) is 5.52 Å². The van der Waals surface area contributed by atoms with E-state index in [1.165, 1.54) is 11.1 Å². The Labute approximate surface area is 174 Å². The average Bonchev–Trinajstić information content (AvgIpc) is 2.74. The predicted octanol–water partition coefficient (Wildman–Crippen LogP) is 6.11. The summed E-state index contributed by atoms with van der Waals surface area (Å²) in [5, 5.41) is 1.18. The van der Waals surface area contributed by atoms with Crippen molar-refractivity contribution in [2.75, 3.05) is 0 Å². The van der Waals surface area contributed by atoms with Crippen LogP contribution in [0.4, 0.5) is 0 Å². The molecule has 29 heavy (non-hydrogen) atoms. The van der Waals surface area contributed by atoms with Crippen molar-refractivity contribution in [1.29, 1.82) is 0 Å². The maximum atomic E-state index is 14.5. The van der Waals surface area contributed by atoms with Gasteiger partial charge in [-0.15, -0.1) is 0 Å². The van der Waals surface area contributed by atoms with Crippen LogP contribution in [0.5, 0.6) is 0 Å². The summed E-state index contributed by atoms with van der Waals surface area (Å²) in [6.07, 6.45) is 3.12. The van der Waals surface area contributed by atoms with Crippen LogP contribution in [0.1, 0.15) is 52.4 Å². The van der Waals surface area contributed by atoms with E-state index in [0.29, 0.717) is 16.2 Å². The molecule has 0 N–H and O–H groups in total. The molecule has 0 amide bonds. The molecule has 0 aliphatic heterocycles. The Morgan fingerprint density at radius 3 is 1.83 bits per heavy atom. The predicted molar refractivity (Wildman–Crippen MR) is 123 cm³/mol. The Bertz CT molecular complexity index is 1010. The second kappa shape index (κ2) is 8.93. The molecular weight excluding hydrogens is 375 g/mol. The average molecular weight is 404 g/mol. The summed E-state index contributed by atoms with van der Waals surface area (Å²) in [6.45, 7) is 8.24. The molecule has 2 nitrogen and oxygen atoms in total. The maximum absolute atomic E-state index is 14.5. The Morgan fingerprint density at radius 2 is 1.34 bits per heavy atom. The standard InChI is InChI=1S/C26H29O2P/c1-5-6-17-24-19(2)18-20(3)25(21(24)4)26(27)29(28,22-13-9-7-10-14-22)23-15-11-8-12-16-23/h7-16,18H,5-6,17H2,1-4H3. The molecule has 0 aliphatic rings. The van der Waals surface area contributed by atoms with Crippen LogP contribution in [-0.2, 0) is 11.0 Å². The first kappa shape index (κ1) is 21.3. The first-order chi connectivity index (χ1) is 13.9. The first-order valence-corrected chi connectivity index (χ1v) is 12.0. The molecule has 0 bridgehead atoms. The largest absolute Gasteiger partial charge is 0.305 e. The molecular formula is C26H29O2P. The number of carbonyl (C=O) groups excluding carboxylic acids is 1. The van der Waals surface area contributed by atoms with E-state index in [2.05, 4.69) is 19.9 Å². The Morgan fingerprint density at radius 1 is 0.828 bits per heavy atom. The van der Waals surface area contributed by atoms with Crippen LogP contribution >= 0.6 is 7.14 Å². The van der Waals surface area contributed by atoms with Crippen molar-refractivity contribution in [3.05, 3.63) is 94.5 Å². The molecule has 3 heteroatoms. The number of hydrogen-bond acceptors (Lipinski definition) is 2. The van der Waals surface area contributed by atoms with E-state index in [0.717, 1.165) is 30.4 Å². The van der Waals surface area contributed by atoms with Crippen molar-refractivity contribution >= 4 is 23.3 Å². The number of hydrogen-bond donors (Lipinski definition) is 0. The molecule has 0 aromatic heterocycles. The van der Waals surface area contributed by atoms with Crippen LogP contribution in [0.25, 0.3) is 0 Å². The van der Waals surface area contributed by atoms with Gasteiger partial charge in [0, 0.05) is 16.2 Å². The summed E-state index contributed by atoms with van der Waals surface area (Å²) in [5.74, 6) is 0. The number of unbranched alkanes of at least 4 members (excludes halogenated alkanes) is 1. The van der Waals surface area contributed by atoms with Gasteiger partial charge in [-0.3, -0.25) is 4.79 Å². The molecule has 0 radical (unpaired) electrons. The molecule has 0 atom stereocenters. The summed E-state index contributed by atoms with van der Waals surface area (Å²) >= 11 is 0. The van der Waals surface area contributed by atoms with Gasteiger partial charge in [0.05, 0.1) is 0 Å². The van der Waals surface area contributed by atoms with E-state index in [1.807, 2.05) is 74.5 Å². The van der Waals surface area contributed by atoms with Gasteiger partial charge in [0.15, 0.2) is 0 Å². The fourth-order valence-corrected chi connectivity index (χ4v) is 6.72. The Hall–Kier alpha value is -2.44. The van der Waals surface area contributed by atoms with E-state index < -0.39 is 7.14 Å². The minimum atomic E-state index is -3.49. The molecule has 0 spiro atoms. The summed E-state index contributed by atoms with van der Waals surface area (Å²) in [4.78, 5) is 14.0. The Balaban J connectivity index is 2.24. The molecule has 0 saturated carbocycles. The summed E-state index contributed by atoms with van der Waals surface area (Å²) in [5.41, 5.74) is 4.67. The van der Waals surface area contributed by atoms with Crippen molar-refractivity contribution in [3.8, 4) is 0 Å². The third kappa shape index (κ3) is 4.00. The quantitative estimate of drug-likeness (QED) is 0.445. The third-order valence-electron chi connectivity index (χ3n) is 5.65. The molecule has 0 unspecified atom stereocenters. The topological polar surface area (TPSA) is 34.1 Å². The van der Waals surface area contributed by atoms with Gasteiger partial charge in [-0.25, -0.2) is 0 Å². The monoisotopic (exact) mass is 404 g/mol. The highest BCUT2D eigenvalue weighted by Crippen LogP contribution is 2.48. The molecule has 0 saturated heterocycles.